The number of hydrogen-bond acceptors (Lipinski definition) is 3. The molecule has 0 bridgehead atoms. The normalized spacial score (nSPS) is 14.9. The highest BCUT2D eigenvalue weighted by Crippen LogP contribution is 2.29. The molecule has 2 N–H and O–H groups in total. The second-order valence-electron chi connectivity index (χ2n) is 6.86. The Morgan fingerprint density at radius 3 is 2.61 bits per heavy atom. The zero-order valence-corrected chi connectivity index (χ0v) is 17.5. The van der Waals surface area contributed by atoms with Crippen LogP contribution < -0.4 is 15.5 Å². The van der Waals surface area contributed by atoms with Crippen LogP contribution >= 0.6 is 35.4 Å². The van der Waals surface area contributed by atoms with Crippen molar-refractivity contribution < 1.29 is 0 Å². The van der Waals surface area contributed by atoms with Crippen LogP contribution in [0.1, 0.15) is 12.8 Å². The molecule has 1 saturated heterocycles. The number of nitrogens with one attached hydrogen (secondary N) is 2. The van der Waals surface area contributed by atoms with E-state index in [4.69, 9.17) is 35.4 Å². The lowest BCUT2D eigenvalue weighted by molar-refractivity contribution is 0.468. The number of nitrogens with zero attached hydrogens (tertiary/aromatic N) is 2. The zero-order valence-electron chi connectivity index (χ0n) is 15.2. The number of piperidine rings is 1. The molecule has 0 atom stereocenters. The zero-order chi connectivity index (χ0) is 19.5. The van der Waals surface area contributed by atoms with E-state index in [1.807, 2.05) is 48.7 Å². The van der Waals surface area contributed by atoms with Crippen LogP contribution in [0.2, 0.25) is 10.0 Å². The van der Waals surface area contributed by atoms with Crippen LogP contribution in [0.5, 0.6) is 0 Å². The number of rotatable bonds is 3. The standard InChI is InChI=1S/C21H20Cl2N4S/c22-14-2-1-3-17(12-14)26-21(28)25-16-7-10-27(11-8-16)20-6-9-24-19-5-4-15(23)13-18(19)20/h1-6,9,12-13,16H,7-8,10-11H2,(H2,25,26,28). The predicted molar refractivity (Wildman–Crippen MR) is 123 cm³/mol. The van der Waals surface area contributed by atoms with Crippen molar-refractivity contribution in [1.29, 1.82) is 0 Å². The number of fused-ring (bicyclic) bond motifs is 1. The first-order valence-corrected chi connectivity index (χ1v) is 10.4. The summed E-state index contributed by atoms with van der Waals surface area (Å²) in [5.74, 6) is 0. The second kappa shape index (κ2) is 8.52. The molecule has 1 aliphatic rings. The van der Waals surface area contributed by atoms with E-state index >= 15 is 0 Å². The highest BCUT2D eigenvalue weighted by Gasteiger charge is 2.21. The summed E-state index contributed by atoms with van der Waals surface area (Å²) in [4.78, 5) is 6.84. The SMILES string of the molecule is S=C(Nc1cccc(Cl)c1)NC1CCN(c2ccnc3ccc(Cl)cc23)CC1. The van der Waals surface area contributed by atoms with Crippen molar-refractivity contribution in [3.05, 3.63) is 64.8 Å². The van der Waals surface area contributed by atoms with E-state index in [1.165, 1.54) is 5.69 Å². The molecule has 0 saturated carbocycles. The highest BCUT2D eigenvalue weighted by molar-refractivity contribution is 7.80. The molecule has 0 unspecified atom stereocenters. The van der Waals surface area contributed by atoms with Gasteiger partial charge in [-0.15, -0.1) is 0 Å². The average Bonchev–Trinajstić information content (AvgIpc) is 2.68. The molecule has 0 amide bonds. The Bertz CT molecular complexity index is 1000. The lowest BCUT2D eigenvalue weighted by Gasteiger charge is -2.35. The van der Waals surface area contributed by atoms with Gasteiger partial charge in [0.25, 0.3) is 0 Å². The third kappa shape index (κ3) is 4.49. The van der Waals surface area contributed by atoms with Crippen molar-refractivity contribution in [2.45, 2.75) is 18.9 Å². The van der Waals surface area contributed by atoms with Crippen molar-refractivity contribution in [1.82, 2.24) is 10.3 Å². The van der Waals surface area contributed by atoms with Crippen molar-refractivity contribution in [2.24, 2.45) is 0 Å². The minimum absolute atomic E-state index is 0.340. The maximum Gasteiger partial charge on any atom is 0.170 e. The van der Waals surface area contributed by atoms with Gasteiger partial charge in [-0.3, -0.25) is 4.98 Å². The van der Waals surface area contributed by atoms with Crippen LogP contribution in [0.3, 0.4) is 0 Å². The lowest BCUT2D eigenvalue weighted by Crippen LogP contribution is -2.46. The third-order valence-corrected chi connectivity index (χ3v) is 5.62. The maximum absolute atomic E-state index is 6.20. The molecule has 1 fully saturated rings. The fraction of sp³-hybridized carbons (Fsp3) is 0.238. The summed E-state index contributed by atoms with van der Waals surface area (Å²) in [6.45, 7) is 1.89. The van der Waals surface area contributed by atoms with Crippen molar-refractivity contribution in [3.8, 4) is 0 Å². The van der Waals surface area contributed by atoms with Gasteiger partial charge in [0.05, 0.1) is 5.52 Å². The van der Waals surface area contributed by atoms with Gasteiger partial charge in [0.2, 0.25) is 0 Å². The van der Waals surface area contributed by atoms with Crippen LogP contribution in [-0.4, -0.2) is 29.2 Å². The van der Waals surface area contributed by atoms with Crippen molar-refractivity contribution >= 4 is 62.8 Å². The van der Waals surface area contributed by atoms with Gasteiger partial charge in [0, 0.05) is 52.1 Å². The first-order valence-electron chi connectivity index (χ1n) is 9.21. The number of hydrogen-bond donors (Lipinski definition) is 2. The smallest absolute Gasteiger partial charge is 0.170 e. The van der Waals surface area contributed by atoms with Crippen LogP contribution in [0.25, 0.3) is 10.9 Å². The summed E-state index contributed by atoms with van der Waals surface area (Å²) < 4.78 is 0. The minimum Gasteiger partial charge on any atom is -0.371 e. The van der Waals surface area contributed by atoms with Gasteiger partial charge in [-0.05, 0) is 67.5 Å². The van der Waals surface area contributed by atoms with E-state index in [9.17, 15) is 0 Å². The first-order chi connectivity index (χ1) is 13.6. The predicted octanol–water partition coefficient (Wildman–Crippen LogP) is 5.50. The molecule has 1 aromatic heterocycles. The summed E-state index contributed by atoms with van der Waals surface area (Å²) >= 11 is 17.7. The van der Waals surface area contributed by atoms with Crippen LogP contribution in [0.15, 0.2) is 54.7 Å². The molecule has 4 rings (SSSR count). The van der Waals surface area contributed by atoms with Crippen LogP contribution in [0.4, 0.5) is 11.4 Å². The van der Waals surface area contributed by atoms with E-state index in [2.05, 4.69) is 26.6 Å². The molecule has 28 heavy (non-hydrogen) atoms. The van der Waals surface area contributed by atoms with E-state index in [1.54, 1.807) is 0 Å². The molecule has 4 nitrogen and oxygen atoms in total. The number of benzene rings is 2. The third-order valence-electron chi connectivity index (χ3n) is 4.93. The van der Waals surface area contributed by atoms with E-state index in [0.29, 0.717) is 16.2 Å². The second-order valence-corrected chi connectivity index (χ2v) is 8.14. The van der Waals surface area contributed by atoms with Gasteiger partial charge >= 0.3 is 0 Å². The molecule has 7 heteroatoms. The van der Waals surface area contributed by atoms with Gasteiger partial charge in [-0.1, -0.05) is 29.3 Å². The largest absolute Gasteiger partial charge is 0.371 e. The van der Waals surface area contributed by atoms with E-state index < -0.39 is 0 Å². The molecule has 1 aliphatic heterocycles. The molecule has 0 radical (unpaired) electrons. The molecular weight excluding hydrogens is 411 g/mol. The summed E-state index contributed by atoms with van der Waals surface area (Å²) in [6.07, 6.45) is 3.86. The summed E-state index contributed by atoms with van der Waals surface area (Å²) in [5.41, 5.74) is 3.04. The molecule has 2 aromatic carbocycles. The van der Waals surface area contributed by atoms with Gasteiger partial charge in [-0.25, -0.2) is 0 Å². The fourth-order valence-corrected chi connectivity index (χ4v) is 4.21. The number of anilines is 2. The highest BCUT2D eigenvalue weighted by atomic mass is 35.5. The Kier molecular flexibility index (Phi) is 5.85. The molecule has 144 valence electrons. The molecule has 0 aliphatic carbocycles. The number of thiocarbonyl (C=S) groups is 1. The summed E-state index contributed by atoms with van der Waals surface area (Å²) in [6, 6.07) is 15.8. The Morgan fingerprint density at radius 1 is 1.04 bits per heavy atom. The number of pyridine rings is 1. The van der Waals surface area contributed by atoms with Gasteiger partial charge in [-0.2, -0.15) is 0 Å². The lowest BCUT2D eigenvalue weighted by atomic mass is 10.0. The summed E-state index contributed by atoms with van der Waals surface area (Å²) in [7, 11) is 0. The molecule has 2 heterocycles. The monoisotopic (exact) mass is 430 g/mol. The first kappa shape index (κ1) is 19.2. The van der Waals surface area contributed by atoms with Crippen molar-refractivity contribution in [3.63, 3.8) is 0 Å². The van der Waals surface area contributed by atoms with E-state index in [0.717, 1.165) is 47.5 Å². The molecule has 3 aromatic rings. The summed E-state index contributed by atoms with van der Waals surface area (Å²) in [5, 5.41) is 9.77. The minimum atomic E-state index is 0.340. The topological polar surface area (TPSA) is 40.2 Å². The Labute approximate surface area is 179 Å². The molecule has 0 spiro atoms. The maximum atomic E-state index is 6.20. The van der Waals surface area contributed by atoms with Crippen LogP contribution in [0, 0.1) is 0 Å². The van der Waals surface area contributed by atoms with Gasteiger partial charge < -0.3 is 15.5 Å². The van der Waals surface area contributed by atoms with Gasteiger partial charge in [0.1, 0.15) is 0 Å². The quantitative estimate of drug-likeness (QED) is 0.536. The number of halogens is 2. The van der Waals surface area contributed by atoms with E-state index in [-0.39, 0.29) is 0 Å². The number of aromatic nitrogens is 1. The Balaban J connectivity index is 1.37. The Hall–Kier alpha value is -2.08. The fourth-order valence-electron chi connectivity index (χ4n) is 3.56. The average molecular weight is 431 g/mol. The van der Waals surface area contributed by atoms with Gasteiger partial charge in [0.15, 0.2) is 5.11 Å². The van der Waals surface area contributed by atoms with Crippen molar-refractivity contribution in [2.75, 3.05) is 23.3 Å². The Morgan fingerprint density at radius 2 is 1.82 bits per heavy atom. The van der Waals surface area contributed by atoms with Crippen LogP contribution in [-0.2, 0) is 0 Å². The molecular formula is C21H20Cl2N4S.